The van der Waals surface area contributed by atoms with Crippen molar-refractivity contribution in [3.8, 4) is 5.75 Å². The highest BCUT2D eigenvalue weighted by Crippen LogP contribution is 2.32. The lowest BCUT2D eigenvalue weighted by atomic mass is 10.2. The first-order valence-electron chi connectivity index (χ1n) is 9.03. The molecular weight excluding hydrogens is 396 g/mol. The predicted octanol–water partition coefficient (Wildman–Crippen LogP) is 2.39. The van der Waals surface area contributed by atoms with Gasteiger partial charge < -0.3 is 24.7 Å². The number of amides is 1. The summed E-state index contributed by atoms with van der Waals surface area (Å²) >= 11 is -1.71. The second-order valence-corrected chi connectivity index (χ2v) is 7.04. The molecule has 0 saturated carbocycles. The Morgan fingerprint density at radius 3 is 2.79 bits per heavy atom. The van der Waals surface area contributed by atoms with Gasteiger partial charge in [-0.25, -0.2) is 14.0 Å². The van der Waals surface area contributed by atoms with Crippen LogP contribution in [-0.2, 0) is 15.8 Å². The topological polar surface area (TPSA) is 121 Å². The highest BCUT2D eigenvalue weighted by molar-refractivity contribution is 7.80. The van der Waals surface area contributed by atoms with Gasteiger partial charge in [0.25, 0.3) is 0 Å². The second-order valence-electron chi connectivity index (χ2n) is 5.93. The third-order valence-electron chi connectivity index (χ3n) is 3.85. The standard InChI is InChI=1S/C19H22N4O5S/c1-2-27-19(25)23-18-12-21-16-8-5-14(11-17(16)22-18)28-29(26)15-6-3-13(4-7-15)20-9-10-24/h3-8,11,20-21,24H,2,9-10,12H2,1H3,(H,22,23,25). The van der Waals surface area contributed by atoms with Gasteiger partial charge in [-0.3, -0.25) is 5.32 Å². The van der Waals surface area contributed by atoms with Crippen molar-refractivity contribution in [2.45, 2.75) is 11.8 Å². The van der Waals surface area contributed by atoms with Crippen molar-refractivity contribution in [3.63, 3.8) is 0 Å². The predicted molar refractivity (Wildman–Crippen MR) is 111 cm³/mol. The zero-order chi connectivity index (χ0) is 20.6. The van der Waals surface area contributed by atoms with Crippen LogP contribution in [0.5, 0.6) is 5.75 Å². The van der Waals surface area contributed by atoms with E-state index < -0.39 is 17.2 Å². The van der Waals surface area contributed by atoms with E-state index in [1.54, 1.807) is 49.4 Å². The molecule has 2 aromatic rings. The second kappa shape index (κ2) is 9.89. The van der Waals surface area contributed by atoms with Crippen LogP contribution in [0.2, 0.25) is 0 Å². The Balaban J connectivity index is 1.67. The van der Waals surface area contributed by atoms with Crippen molar-refractivity contribution < 1.29 is 23.0 Å². The fraction of sp³-hybridized carbons (Fsp3) is 0.263. The Morgan fingerprint density at radius 2 is 2.07 bits per heavy atom. The number of benzene rings is 2. The lowest BCUT2D eigenvalue weighted by molar-refractivity contribution is 0.157. The Kier molecular flexibility index (Phi) is 7.04. The van der Waals surface area contributed by atoms with Crippen molar-refractivity contribution in [3.05, 3.63) is 42.5 Å². The lowest BCUT2D eigenvalue weighted by Crippen LogP contribution is -2.36. The fourth-order valence-electron chi connectivity index (χ4n) is 2.55. The van der Waals surface area contributed by atoms with Crippen LogP contribution in [0.25, 0.3) is 0 Å². The van der Waals surface area contributed by atoms with Gasteiger partial charge in [0.05, 0.1) is 36.0 Å². The average molecular weight is 418 g/mol. The van der Waals surface area contributed by atoms with Gasteiger partial charge in [-0.2, -0.15) is 0 Å². The number of anilines is 2. The van der Waals surface area contributed by atoms with Crippen LogP contribution < -0.4 is 20.1 Å². The number of carbonyl (C=O) groups is 1. The molecule has 3 rings (SSSR count). The zero-order valence-corrected chi connectivity index (χ0v) is 16.6. The molecule has 0 saturated heterocycles. The summed E-state index contributed by atoms with van der Waals surface area (Å²) in [5, 5.41) is 17.6. The number of hydrogen-bond donors (Lipinski definition) is 4. The Labute approximate surface area is 170 Å². The summed E-state index contributed by atoms with van der Waals surface area (Å²) in [5.41, 5.74) is 2.15. The van der Waals surface area contributed by atoms with Crippen LogP contribution in [-0.4, -0.2) is 47.5 Å². The van der Waals surface area contributed by atoms with Gasteiger partial charge in [-0.05, 0) is 43.3 Å². The van der Waals surface area contributed by atoms with Gasteiger partial charge in [-0.15, -0.1) is 0 Å². The summed E-state index contributed by atoms with van der Waals surface area (Å²) in [4.78, 5) is 16.4. The van der Waals surface area contributed by atoms with E-state index in [-0.39, 0.29) is 13.2 Å². The molecule has 29 heavy (non-hydrogen) atoms. The van der Waals surface area contributed by atoms with Crippen LogP contribution in [0.4, 0.5) is 21.9 Å². The minimum absolute atomic E-state index is 0.0312. The molecule has 0 fully saturated rings. The lowest BCUT2D eigenvalue weighted by Gasteiger charge is -2.18. The SMILES string of the molecule is CCOC(=O)NC1=Nc2cc(OS(=O)c3ccc(NCCO)cc3)ccc2NC1. The smallest absolute Gasteiger partial charge is 0.412 e. The molecule has 0 aromatic heterocycles. The van der Waals surface area contributed by atoms with Crippen LogP contribution in [0.1, 0.15) is 6.92 Å². The van der Waals surface area contributed by atoms with Crippen molar-refractivity contribution in [2.24, 2.45) is 4.99 Å². The van der Waals surface area contributed by atoms with Crippen LogP contribution in [0, 0.1) is 0 Å². The maximum absolute atomic E-state index is 12.5. The third-order valence-corrected chi connectivity index (χ3v) is 4.85. The molecule has 4 N–H and O–H groups in total. The molecule has 2 aromatic carbocycles. The molecule has 1 aliphatic heterocycles. The van der Waals surface area contributed by atoms with E-state index in [2.05, 4.69) is 20.9 Å². The summed E-state index contributed by atoms with van der Waals surface area (Å²) in [6, 6.07) is 12.0. The monoisotopic (exact) mass is 418 g/mol. The normalized spacial score (nSPS) is 13.4. The Morgan fingerprint density at radius 1 is 1.28 bits per heavy atom. The summed E-state index contributed by atoms with van der Waals surface area (Å²) in [5.74, 6) is 0.799. The average Bonchev–Trinajstić information content (AvgIpc) is 2.72. The van der Waals surface area contributed by atoms with Gasteiger partial charge in [0.15, 0.2) is 0 Å². The third kappa shape index (κ3) is 5.69. The number of amidine groups is 1. The van der Waals surface area contributed by atoms with Crippen molar-refractivity contribution in [1.82, 2.24) is 5.32 Å². The fourth-order valence-corrected chi connectivity index (χ4v) is 3.28. The molecule has 1 unspecified atom stereocenters. The first-order valence-corrected chi connectivity index (χ1v) is 10.1. The van der Waals surface area contributed by atoms with Crippen LogP contribution in [0.3, 0.4) is 0 Å². The van der Waals surface area contributed by atoms with E-state index in [4.69, 9.17) is 14.0 Å². The Hall–Kier alpha value is -3.11. The molecule has 10 heteroatoms. The molecule has 1 aliphatic rings. The molecule has 1 amide bonds. The van der Waals surface area contributed by atoms with Gasteiger partial charge in [0, 0.05) is 18.3 Å². The number of carbonyl (C=O) groups excluding carboxylic acids is 1. The highest BCUT2D eigenvalue weighted by Gasteiger charge is 2.16. The number of rotatable bonds is 7. The molecule has 0 aliphatic carbocycles. The summed E-state index contributed by atoms with van der Waals surface area (Å²) in [6.07, 6.45) is -0.568. The number of ether oxygens (including phenoxy) is 1. The number of hydrogen-bond acceptors (Lipinski definition) is 8. The van der Waals surface area contributed by atoms with Crippen LogP contribution in [0.15, 0.2) is 52.4 Å². The molecule has 154 valence electrons. The van der Waals surface area contributed by atoms with E-state index in [0.29, 0.717) is 35.3 Å². The molecule has 0 radical (unpaired) electrons. The maximum Gasteiger partial charge on any atom is 0.412 e. The molecule has 9 nitrogen and oxygen atoms in total. The molecule has 0 bridgehead atoms. The minimum atomic E-state index is -1.71. The van der Waals surface area contributed by atoms with E-state index in [9.17, 15) is 9.00 Å². The van der Waals surface area contributed by atoms with Crippen molar-refractivity contribution >= 4 is 40.1 Å². The van der Waals surface area contributed by atoms with E-state index in [1.807, 2.05) is 0 Å². The van der Waals surface area contributed by atoms with Gasteiger partial charge in [-0.1, -0.05) is 0 Å². The van der Waals surface area contributed by atoms with Gasteiger partial charge in [0.2, 0.25) is 11.1 Å². The van der Waals surface area contributed by atoms with Gasteiger partial charge in [0.1, 0.15) is 11.6 Å². The summed E-state index contributed by atoms with van der Waals surface area (Å²) in [6.45, 7) is 2.82. The molecule has 0 spiro atoms. The van der Waals surface area contributed by atoms with Gasteiger partial charge >= 0.3 is 6.09 Å². The number of fused-ring (bicyclic) bond motifs is 1. The molecular formula is C19H22N4O5S. The Bertz CT molecular complexity index is 917. The highest BCUT2D eigenvalue weighted by atomic mass is 32.2. The number of aliphatic imine (C=N–C) groups is 1. The summed E-state index contributed by atoms with van der Waals surface area (Å²) in [7, 11) is 0. The van der Waals surface area contributed by atoms with Crippen molar-refractivity contribution in [2.75, 3.05) is 36.9 Å². The molecule has 1 atom stereocenters. The van der Waals surface area contributed by atoms with E-state index >= 15 is 0 Å². The zero-order valence-electron chi connectivity index (χ0n) is 15.8. The quantitative estimate of drug-likeness (QED) is 0.545. The summed E-state index contributed by atoms with van der Waals surface area (Å²) < 4.78 is 22.9. The number of aliphatic hydroxyl groups excluding tert-OH is 1. The number of alkyl carbamates (subject to hydrolysis) is 1. The van der Waals surface area contributed by atoms with Crippen LogP contribution >= 0.6 is 0 Å². The maximum atomic E-state index is 12.5. The number of nitrogens with zero attached hydrogens (tertiary/aromatic N) is 1. The largest absolute Gasteiger partial charge is 0.450 e. The van der Waals surface area contributed by atoms with Crippen molar-refractivity contribution in [1.29, 1.82) is 0 Å². The van der Waals surface area contributed by atoms with E-state index in [0.717, 1.165) is 11.4 Å². The number of aliphatic hydroxyl groups is 1. The number of nitrogens with one attached hydrogen (secondary N) is 3. The first-order chi connectivity index (χ1) is 14.1. The molecule has 1 heterocycles. The first kappa shape index (κ1) is 20.6. The van der Waals surface area contributed by atoms with E-state index in [1.165, 1.54) is 0 Å². The minimum Gasteiger partial charge on any atom is -0.450 e.